The van der Waals surface area contributed by atoms with Crippen LogP contribution < -0.4 is 5.32 Å². The van der Waals surface area contributed by atoms with Crippen LogP contribution in [-0.4, -0.2) is 23.1 Å². The number of hydrogen-bond acceptors (Lipinski definition) is 3. The van der Waals surface area contributed by atoms with E-state index in [-0.39, 0.29) is 5.54 Å². The minimum atomic E-state index is -0.187. The topological polar surface area (TPSA) is 35.8 Å². The first-order chi connectivity index (χ1) is 6.78. The Morgan fingerprint density at radius 1 is 1.43 bits per heavy atom. The van der Waals surface area contributed by atoms with Crippen LogP contribution in [0.5, 0.6) is 0 Å². The normalized spacial score (nSPS) is 37.9. The second-order valence-corrected chi connectivity index (χ2v) is 5.70. The zero-order chi connectivity index (χ0) is 10.0. The molecule has 0 amide bonds. The van der Waals surface area contributed by atoms with Crippen LogP contribution >= 0.6 is 11.8 Å². The van der Waals surface area contributed by atoms with Gasteiger partial charge in [0.1, 0.15) is 5.54 Å². The van der Waals surface area contributed by atoms with Crippen LogP contribution in [0.3, 0.4) is 0 Å². The van der Waals surface area contributed by atoms with Crippen LogP contribution in [-0.2, 0) is 0 Å². The lowest BCUT2D eigenvalue weighted by molar-refractivity contribution is 0.301. The van der Waals surface area contributed by atoms with Crippen molar-refractivity contribution >= 4 is 11.8 Å². The highest BCUT2D eigenvalue weighted by Crippen LogP contribution is 2.36. The molecule has 78 valence electrons. The Balaban J connectivity index is 1.98. The summed E-state index contributed by atoms with van der Waals surface area (Å²) in [5.41, 5.74) is -0.187. The monoisotopic (exact) mass is 210 g/mol. The molecule has 2 aliphatic rings. The Bertz CT molecular complexity index is 244. The summed E-state index contributed by atoms with van der Waals surface area (Å²) < 4.78 is 0. The standard InChI is InChI=1S/C11H18N2S/c1-14-10-3-2-6-11(7-10,8-12)13-9-4-5-9/h9-10,13H,2-7H2,1H3. The third kappa shape index (κ3) is 2.24. The van der Waals surface area contributed by atoms with E-state index in [1.807, 2.05) is 11.8 Å². The molecule has 2 atom stereocenters. The molecule has 0 radical (unpaired) electrons. The fourth-order valence-corrected chi connectivity index (χ4v) is 3.16. The van der Waals surface area contributed by atoms with Gasteiger partial charge < -0.3 is 0 Å². The predicted octanol–water partition coefficient (Wildman–Crippen LogP) is 2.31. The minimum absolute atomic E-state index is 0.187. The highest BCUT2D eigenvalue weighted by Gasteiger charge is 2.40. The lowest BCUT2D eigenvalue weighted by atomic mass is 9.82. The van der Waals surface area contributed by atoms with Crippen molar-refractivity contribution in [1.82, 2.24) is 5.32 Å². The van der Waals surface area contributed by atoms with Gasteiger partial charge in [-0.2, -0.15) is 17.0 Å². The minimum Gasteiger partial charge on any atom is -0.297 e. The number of rotatable bonds is 3. The van der Waals surface area contributed by atoms with Gasteiger partial charge >= 0.3 is 0 Å². The molecule has 2 saturated carbocycles. The van der Waals surface area contributed by atoms with Crippen molar-refractivity contribution in [2.75, 3.05) is 6.26 Å². The van der Waals surface area contributed by atoms with E-state index in [1.54, 1.807) is 0 Å². The van der Waals surface area contributed by atoms with Crippen molar-refractivity contribution in [3.05, 3.63) is 0 Å². The zero-order valence-corrected chi connectivity index (χ0v) is 9.57. The molecule has 0 aliphatic heterocycles. The summed E-state index contributed by atoms with van der Waals surface area (Å²) in [4.78, 5) is 0. The first-order valence-corrected chi connectivity index (χ1v) is 6.78. The Morgan fingerprint density at radius 2 is 2.21 bits per heavy atom. The van der Waals surface area contributed by atoms with Crippen molar-refractivity contribution < 1.29 is 0 Å². The maximum atomic E-state index is 9.31. The molecular weight excluding hydrogens is 192 g/mol. The molecule has 0 bridgehead atoms. The van der Waals surface area contributed by atoms with Gasteiger partial charge in [0.05, 0.1) is 6.07 Å². The van der Waals surface area contributed by atoms with Gasteiger partial charge in [0, 0.05) is 11.3 Å². The van der Waals surface area contributed by atoms with E-state index >= 15 is 0 Å². The predicted molar refractivity (Wildman–Crippen MR) is 60.3 cm³/mol. The van der Waals surface area contributed by atoms with Crippen molar-refractivity contribution in [2.24, 2.45) is 0 Å². The maximum absolute atomic E-state index is 9.31. The largest absolute Gasteiger partial charge is 0.297 e. The van der Waals surface area contributed by atoms with E-state index in [1.165, 1.54) is 25.7 Å². The van der Waals surface area contributed by atoms with Gasteiger partial charge in [0.15, 0.2) is 0 Å². The number of nitrogens with one attached hydrogen (secondary N) is 1. The summed E-state index contributed by atoms with van der Waals surface area (Å²) in [6.45, 7) is 0. The molecule has 2 rings (SSSR count). The van der Waals surface area contributed by atoms with E-state index in [0.717, 1.165) is 12.8 Å². The molecule has 0 heterocycles. The summed E-state index contributed by atoms with van der Waals surface area (Å²) in [7, 11) is 0. The lowest BCUT2D eigenvalue weighted by Crippen LogP contribution is -2.49. The summed E-state index contributed by atoms with van der Waals surface area (Å²) >= 11 is 1.92. The SMILES string of the molecule is CSC1CCCC(C#N)(NC2CC2)C1. The number of nitrogens with zero attached hydrogens (tertiary/aromatic N) is 1. The second kappa shape index (κ2) is 4.12. The maximum Gasteiger partial charge on any atom is 0.108 e. The fraction of sp³-hybridized carbons (Fsp3) is 0.909. The average Bonchev–Trinajstić information content (AvgIpc) is 3.02. The molecule has 0 spiro atoms. The van der Waals surface area contributed by atoms with Gasteiger partial charge in [-0.15, -0.1) is 0 Å². The molecule has 0 aromatic carbocycles. The van der Waals surface area contributed by atoms with Gasteiger partial charge in [-0.25, -0.2) is 0 Å². The molecule has 0 saturated heterocycles. The molecule has 2 unspecified atom stereocenters. The zero-order valence-electron chi connectivity index (χ0n) is 8.75. The molecule has 3 heteroatoms. The number of thioether (sulfide) groups is 1. The van der Waals surface area contributed by atoms with E-state index < -0.39 is 0 Å². The Hall–Kier alpha value is -0.200. The van der Waals surface area contributed by atoms with Crippen LogP contribution in [0.25, 0.3) is 0 Å². The second-order valence-electron chi connectivity index (χ2n) is 4.57. The molecule has 0 aromatic rings. The lowest BCUT2D eigenvalue weighted by Gasteiger charge is -2.36. The smallest absolute Gasteiger partial charge is 0.108 e. The van der Waals surface area contributed by atoms with Gasteiger partial charge in [0.2, 0.25) is 0 Å². The van der Waals surface area contributed by atoms with Crippen LogP contribution in [0.4, 0.5) is 0 Å². The van der Waals surface area contributed by atoms with Crippen molar-refractivity contribution in [3.8, 4) is 6.07 Å². The molecule has 2 aliphatic carbocycles. The summed E-state index contributed by atoms with van der Waals surface area (Å²) in [5.74, 6) is 0. The van der Waals surface area contributed by atoms with E-state index in [2.05, 4.69) is 17.6 Å². The molecule has 2 nitrogen and oxygen atoms in total. The first kappa shape index (κ1) is 10.3. The summed E-state index contributed by atoms with van der Waals surface area (Å²) in [5, 5.41) is 13.5. The van der Waals surface area contributed by atoms with Crippen molar-refractivity contribution in [3.63, 3.8) is 0 Å². The van der Waals surface area contributed by atoms with Gasteiger partial charge in [-0.05, 0) is 44.8 Å². The fourth-order valence-electron chi connectivity index (χ4n) is 2.31. The van der Waals surface area contributed by atoms with E-state index in [4.69, 9.17) is 0 Å². The van der Waals surface area contributed by atoms with Gasteiger partial charge in [0.25, 0.3) is 0 Å². The van der Waals surface area contributed by atoms with Gasteiger partial charge in [-0.3, -0.25) is 5.32 Å². The average molecular weight is 210 g/mol. The molecular formula is C11H18N2S. The summed E-state index contributed by atoms with van der Waals surface area (Å²) in [6, 6.07) is 3.18. The van der Waals surface area contributed by atoms with Crippen LogP contribution in [0.2, 0.25) is 0 Å². The highest BCUT2D eigenvalue weighted by atomic mass is 32.2. The Kier molecular flexibility index (Phi) is 3.04. The third-order valence-corrected chi connectivity index (χ3v) is 4.38. The van der Waals surface area contributed by atoms with Crippen LogP contribution in [0.15, 0.2) is 0 Å². The number of hydrogen-bond donors (Lipinski definition) is 1. The Labute approximate surface area is 90.4 Å². The van der Waals surface area contributed by atoms with Crippen LogP contribution in [0, 0.1) is 11.3 Å². The molecule has 0 aromatic heterocycles. The van der Waals surface area contributed by atoms with Crippen molar-refractivity contribution in [1.29, 1.82) is 5.26 Å². The third-order valence-electron chi connectivity index (χ3n) is 3.31. The summed E-state index contributed by atoms with van der Waals surface area (Å²) in [6.07, 6.45) is 9.30. The molecule has 14 heavy (non-hydrogen) atoms. The Morgan fingerprint density at radius 3 is 2.79 bits per heavy atom. The molecule has 2 fully saturated rings. The van der Waals surface area contributed by atoms with Crippen LogP contribution in [0.1, 0.15) is 38.5 Å². The van der Waals surface area contributed by atoms with Crippen molar-refractivity contribution in [2.45, 2.75) is 55.4 Å². The number of nitriles is 1. The highest BCUT2D eigenvalue weighted by molar-refractivity contribution is 7.99. The quantitative estimate of drug-likeness (QED) is 0.776. The van der Waals surface area contributed by atoms with E-state index in [9.17, 15) is 5.26 Å². The van der Waals surface area contributed by atoms with E-state index in [0.29, 0.717) is 11.3 Å². The first-order valence-electron chi connectivity index (χ1n) is 5.50. The molecule has 1 N–H and O–H groups in total. The van der Waals surface area contributed by atoms with Gasteiger partial charge in [-0.1, -0.05) is 0 Å².